The van der Waals surface area contributed by atoms with Crippen LogP contribution in [0, 0.1) is 0 Å². The number of nitrogens with two attached hydrogens (primary N) is 1. The van der Waals surface area contributed by atoms with E-state index in [-0.39, 0.29) is 0 Å². The molecule has 2 N–H and O–H groups in total. The van der Waals surface area contributed by atoms with Gasteiger partial charge in [-0.1, -0.05) is 0 Å². The molecule has 12 heavy (non-hydrogen) atoms. The highest BCUT2D eigenvalue weighted by atomic mass is 32.2. The summed E-state index contributed by atoms with van der Waals surface area (Å²) < 4.78 is 0. The topological polar surface area (TPSA) is 38.9 Å². The van der Waals surface area contributed by atoms with E-state index in [4.69, 9.17) is 5.73 Å². The van der Waals surface area contributed by atoms with Gasteiger partial charge in [-0.3, -0.25) is 4.98 Å². The highest BCUT2D eigenvalue weighted by Crippen LogP contribution is 2.17. The third-order valence-corrected chi connectivity index (χ3v) is 2.54. The van der Waals surface area contributed by atoms with Crippen molar-refractivity contribution >= 4 is 11.8 Å². The molecule has 1 aromatic heterocycles. The largest absolute Gasteiger partial charge is 0.328 e. The molecule has 0 aliphatic heterocycles. The van der Waals surface area contributed by atoms with Gasteiger partial charge in [0, 0.05) is 23.3 Å². The molecule has 0 spiro atoms. The minimum atomic E-state index is 0.305. The lowest BCUT2D eigenvalue weighted by molar-refractivity contribution is 0.721. The Morgan fingerprint density at radius 1 is 1.50 bits per heavy atom. The third-order valence-electron chi connectivity index (χ3n) is 1.49. The number of thioether (sulfide) groups is 1. The second kappa shape index (κ2) is 5.17. The van der Waals surface area contributed by atoms with E-state index in [1.54, 1.807) is 0 Å². The van der Waals surface area contributed by atoms with Crippen molar-refractivity contribution in [3.8, 4) is 0 Å². The van der Waals surface area contributed by atoms with Gasteiger partial charge in [0.25, 0.3) is 0 Å². The van der Waals surface area contributed by atoms with E-state index < -0.39 is 0 Å². The number of pyridine rings is 1. The highest BCUT2D eigenvalue weighted by Gasteiger charge is 1.95. The first-order valence-corrected chi connectivity index (χ1v) is 5.06. The van der Waals surface area contributed by atoms with Crippen LogP contribution in [0.1, 0.15) is 13.3 Å². The van der Waals surface area contributed by atoms with Crippen LogP contribution in [0.15, 0.2) is 29.4 Å². The first-order valence-electron chi connectivity index (χ1n) is 4.07. The Balaban J connectivity index is 2.25. The van der Waals surface area contributed by atoms with Gasteiger partial charge in [0.05, 0.1) is 0 Å². The number of hydrogen-bond acceptors (Lipinski definition) is 3. The zero-order chi connectivity index (χ0) is 8.81. The number of hydrogen-bond donors (Lipinski definition) is 1. The Morgan fingerprint density at radius 2 is 2.17 bits per heavy atom. The van der Waals surface area contributed by atoms with Crippen molar-refractivity contribution in [2.75, 3.05) is 5.75 Å². The Morgan fingerprint density at radius 3 is 2.75 bits per heavy atom. The quantitative estimate of drug-likeness (QED) is 0.723. The zero-order valence-electron chi connectivity index (χ0n) is 7.23. The van der Waals surface area contributed by atoms with Crippen LogP contribution in [0.4, 0.5) is 0 Å². The Labute approximate surface area is 77.6 Å². The van der Waals surface area contributed by atoms with Crippen LogP contribution in [-0.4, -0.2) is 16.8 Å². The van der Waals surface area contributed by atoms with Crippen LogP contribution in [0.2, 0.25) is 0 Å². The summed E-state index contributed by atoms with van der Waals surface area (Å²) in [5.41, 5.74) is 5.63. The lowest BCUT2D eigenvalue weighted by atomic mass is 10.3. The predicted molar refractivity (Wildman–Crippen MR) is 53.2 cm³/mol. The molecule has 0 aliphatic carbocycles. The summed E-state index contributed by atoms with van der Waals surface area (Å²) in [6, 6.07) is 4.34. The Bertz CT molecular complexity index is 211. The maximum absolute atomic E-state index is 5.63. The molecule has 0 saturated carbocycles. The normalized spacial score (nSPS) is 12.8. The average molecular weight is 182 g/mol. The molecule has 0 bridgehead atoms. The van der Waals surface area contributed by atoms with E-state index in [9.17, 15) is 0 Å². The first-order chi connectivity index (χ1) is 5.79. The van der Waals surface area contributed by atoms with Crippen LogP contribution in [-0.2, 0) is 0 Å². The standard InChI is InChI=1S/C9H14N2S/c1-8(10)4-7-12-9-2-5-11-6-3-9/h2-3,5-6,8H,4,7,10H2,1H3. The second-order valence-electron chi connectivity index (χ2n) is 2.80. The molecule has 1 heterocycles. The van der Waals surface area contributed by atoms with E-state index >= 15 is 0 Å². The fourth-order valence-corrected chi connectivity index (χ4v) is 1.84. The molecule has 0 saturated heterocycles. The molecule has 0 radical (unpaired) electrons. The Hall–Kier alpha value is -0.540. The van der Waals surface area contributed by atoms with Crippen LogP contribution >= 0.6 is 11.8 Å². The molecular formula is C9H14N2S. The van der Waals surface area contributed by atoms with E-state index in [0.717, 1.165) is 12.2 Å². The molecule has 1 atom stereocenters. The molecule has 0 aromatic carbocycles. The number of rotatable bonds is 4. The van der Waals surface area contributed by atoms with Gasteiger partial charge >= 0.3 is 0 Å². The molecule has 66 valence electrons. The molecule has 1 unspecified atom stereocenters. The summed E-state index contributed by atoms with van der Waals surface area (Å²) in [5.74, 6) is 1.08. The third kappa shape index (κ3) is 3.74. The van der Waals surface area contributed by atoms with Crippen LogP contribution < -0.4 is 5.73 Å². The molecule has 0 aliphatic rings. The average Bonchev–Trinajstić information content (AvgIpc) is 2.05. The SMILES string of the molecule is CC(N)CCSc1ccncc1. The predicted octanol–water partition coefficient (Wildman–Crippen LogP) is 1.91. The zero-order valence-corrected chi connectivity index (χ0v) is 8.05. The second-order valence-corrected chi connectivity index (χ2v) is 3.97. The number of aromatic nitrogens is 1. The molecule has 2 nitrogen and oxygen atoms in total. The van der Waals surface area contributed by atoms with Gasteiger partial charge in [-0.25, -0.2) is 0 Å². The minimum absolute atomic E-state index is 0.305. The van der Waals surface area contributed by atoms with Crippen LogP contribution in [0.3, 0.4) is 0 Å². The van der Waals surface area contributed by atoms with Crippen molar-refractivity contribution in [3.63, 3.8) is 0 Å². The van der Waals surface area contributed by atoms with Crippen molar-refractivity contribution in [1.29, 1.82) is 0 Å². The molecular weight excluding hydrogens is 168 g/mol. The van der Waals surface area contributed by atoms with Crippen molar-refractivity contribution in [3.05, 3.63) is 24.5 Å². The van der Waals surface area contributed by atoms with Crippen molar-refractivity contribution < 1.29 is 0 Å². The summed E-state index contributed by atoms with van der Waals surface area (Å²) in [4.78, 5) is 5.22. The molecule has 3 heteroatoms. The Kier molecular flexibility index (Phi) is 4.11. The van der Waals surface area contributed by atoms with E-state index in [0.29, 0.717) is 6.04 Å². The van der Waals surface area contributed by atoms with Crippen LogP contribution in [0.5, 0.6) is 0 Å². The van der Waals surface area contributed by atoms with E-state index in [1.807, 2.05) is 43.2 Å². The monoisotopic (exact) mass is 182 g/mol. The lowest BCUT2D eigenvalue weighted by Gasteiger charge is -2.03. The minimum Gasteiger partial charge on any atom is -0.328 e. The maximum Gasteiger partial charge on any atom is 0.0278 e. The van der Waals surface area contributed by atoms with Gasteiger partial charge in [-0.2, -0.15) is 0 Å². The number of nitrogens with zero attached hydrogens (tertiary/aromatic N) is 1. The lowest BCUT2D eigenvalue weighted by Crippen LogP contribution is -2.15. The van der Waals surface area contributed by atoms with Gasteiger partial charge in [0.1, 0.15) is 0 Å². The molecule has 0 amide bonds. The van der Waals surface area contributed by atoms with Gasteiger partial charge < -0.3 is 5.73 Å². The van der Waals surface area contributed by atoms with Crippen molar-refractivity contribution in [2.24, 2.45) is 5.73 Å². The van der Waals surface area contributed by atoms with Crippen molar-refractivity contribution in [1.82, 2.24) is 4.98 Å². The van der Waals surface area contributed by atoms with Gasteiger partial charge in [-0.05, 0) is 31.2 Å². The fraction of sp³-hybridized carbons (Fsp3) is 0.444. The van der Waals surface area contributed by atoms with E-state index in [1.165, 1.54) is 4.90 Å². The van der Waals surface area contributed by atoms with E-state index in [2.05, 4.69) is 4.98 Å². The molecule has 0 fully saturated rings. The van der Waals surface area contributed by atoms with Crippen LogP contribution in [0.25, 0.3) is 0 Å². The van der Waals surface area contributed by atoms with Gasteiger partial charge in [-0.15, -0.1) is 11.8 Å². The van der Waals surface area contributed by atoms with Gasteiger partial charge in [0.2, 0.25) is 0 Å². The summed E-state index contributed by atoms with van der Waals surface area (Å²) in [6.45, 7) is 2.03. The van der Waals surface area contributed by atoms with Crippen molar-refractivity contribution in [2.45, 2.75) is 24.3 Å². The summed E-state index contributed by atoms with van der Waals surface area (Å²) >= 11 is 1.83. The first kappa shape index (κ1) is 9.55. The summed E-state index contributed by atoms with van der Waals surface area (Å²) in [7, 11) is 0. The summed E-state index contributed by atoms with van der Waals surface area (Å²) in [5, 5.41) is 0. The summed E-state index contributed by atoms with van der Waals surface area (Å²) in [6.07, 6.45) is 4.69. The molecule has 1 aromatic rings. The highest BCUT2D eigenvalue weighted by molar-refractivity contribution is 7.99. The maximum atomic E-state index is 5.63. The van der Waals surface area contributed by atoms with Gasteiger partial charge in [0.15, 0.2) is 0 Å². The molecule has 1 rings (SSSR count). The fourth-order valence-electron chi connectivity index (χ4n) is 0.797. The smallest absolute Gasteiger partial charge is 0.0278 e.